The molecule has 6 heteroatoms. The van der Waals surface area contributed by atoms with Gasteiger partial charge in [0.1, 0.15) is 0 Å². The summed E-state index contributed by atoms with van der Waals surface area (Å²) in [6, 6.07) is 98.4. The number of aromatic nitrogens is 6. The zero-order valence-corrected chi connectivity index (χ0v) is 45.4. The zero-order valence-electron chi connectivity index (χ0n) is 45.4. The van der Waals surface area contributed by atoms with Crippen molar-refractivity contribution in [2.24, 2.45) is 0 Å². The van der Waals surface area contributed by atoms with Crippen molar-refractivity contribution in [1.29, 1.82) is 0 Å². The van der Waals surface area contributed by atoms with Crippen molar-refractivity contribution < 1.29 is 0 Å². The van der Waals surface area contributed by atoms with Crippen LogP contribution in [0.15, 0.2) is 291 Å². The average molecular weight is 1070 g/mol. The largest absolute Gasteiger partial charge is 0.256 e. The third-order valence-electron chi connectivity index (χ3n) is 16.4. The van der Waals surface area contributed by atoms with Crippen LogP contribution in [0.4, 0.5) is 0 Å². The van der Waals surface area contributed by atoms with Gasteiger partial charge in [-0.25, -0.2) is 19.9 Å². The Morgan fingerprint density at radius 1 is 0.202 bits per heavy atom. The lowest BCUT2D eigenvalue weighted by Crippen LogP contribution is -1.99. The van der Waals surface area contributed by atoms with E-state index in [0.29, 0.717) is 11.6 Å². The van der Waals surface area contributed by atoms with E-state index in [0.717, 1.165) is 132 Å². The molecule has 16 rings (SSSR count). The van der Waals surface area contributed by atoms with E-state index < -0.39 is 0 Å². The van der Waals surface area contributed by atoms with Crippen molar-refractivity contribution in [3.63, 3.8) is 0 Å². The van der Waals surface area contributed by atoms with Crippen LogP contribution in [0, 0.1) is 0 Å². The molecule has 0 spiro atoms. The second-order valence-electron chi connectivity index (χ2n) is 21.3. The van der Waals surface area contributed by atoms with Crippen LogP contribution in [0.1, 0.15) is 0 Å². The molecule has 4 heterocycles. The van der Waals surface area contributed by atoms with Crippen molar-refractivity contribution in [2.75, 3.05) is 0 Å². The zero-order chi connectivity index (χ0) is 55.5. The molecule has 0 aliphatic heterocycles. The summed E-state index contributed by atoms with van der Waals surface area (Å²) in [5, 5.41) is 11.0. The fraction of sp³-hybridized carbons (Fsp3) is 0. The number of hydrogen-bond donors (Lipinski definition) is 0. The molecule has 12 aromatic carbocycles. The van der Waals surface area contributed by atoms with E-state index in [2.05, 4.69) is 267 Å². The Bertz CT molecular complexity index is 4780. The van der Waals surface area contributed by atoms with Gasteiger partial charge in [0, 0.05) is 56.5 Å². The summed E-state index contributed by atoms with van der Waals surface area (Å²) in [7, 11) is 0. The van der Waals surface area contributed by atoms with E-state index in [1.54, 1.807) is 0 Å². The number of pyridine rings is 2. The third kappa shape index (κ3) is 8.35. The fourth-order valence-electron chi connectivity index (χ4n) is 12.5. The number of para-hydroxylation sites is 2. The van der Waals surface area contributed by atoms with Crippen molar-refractivity contribution in [2.45, 2.75) is 0 Å². The van der Waals surface area contributed by atoms with Gasteiger partial charge in [-0.05, 0) is 101 Å². The van der Waals surface area contributed by atoms with Gasteiger partial charge in [-0.1, -0.05) is 255 Å². The van der Waals surface area contributed by atoms with E-state index in [9.17, 15) is 0 Å². The Hall–Kier alpha value is -11.3. The van der Waals surface area contributed by atoms with E-state index in [1.165, 1.54) is 22.3 Å². The summed E-state index contributed by atoms with van der Waals surface area (Å²) >= 11 is 0. The van der Waals surface area contributed by atoms with Crippen LogP contribution in [0.3, 0.4) is 0 Å². The third-order valence-corrected chi connectivity index (χ3v) is 16.4. The van der Waals surface area contributed by atoms with Crippen molar-refractivity contribution in [3.05, 3.63) is 291 Å². The van der Waals surface area contributed by atoms with Gasteiger partial charge in [0.15, 0.2) is 11.6 Å². The topological polar surface area (TPSA) is 77.3 Å². The first-order valence-corrected chi connectivity index (χ1v) is 28.3. The SMILES string of the molecule is c1ccc(-c2c3ccccc3c(-c3nc(-c4ccc(-c5ccc(-c6cc(-c7cccc8cccnc78)nc(-c7c8ccccc8c(-c8ccccc8)c8ccccc78)n6)cc5)cc4)cc(-c4cccc5cccnc45)n3)c3ccccc23)cc1. The number of hydrogen-bond acceptors (Lipinski definition) is 6. The highest BCUT2D eigenvalue weighted by Crippen LogP contribution is 2.46. The number of nitrogens with zero attached hydrogens (tertiary/aromatic N) is 6. The lowest BCUT2D eigenvalue weighted by molar-refractivity contribution is 1.19. The lowest BCUT2D eigenvalue weighted by atomic mass is 9.88. The Balaban J connectivity index is 0.819. The van der Waals surface area contributed by atoms with E-state index in [-0.39, 0.29) is 0 Å². The number of fused-ring (bicyclic) bond motifs is 6. The van der Waals surface area contributed by atoms with Crippen LogP contribution in [0.25, 0.3) is 166 Å². The molecule has 0 unspecified atom stereocenters. The molecule has 0 saturated heterocycles. The van der Waals surface area contributed by atoms with Gasteiger partial charge in [-0.3, -0.25) is 9.97 Å². The summed E-state index contributed by atoms with van der Waals surface area (Å²) in [5.74, 6) is 1.31. The van der Waals surface area contributed by atoms with Gasteiger partial charge in [0.05, 0.1) is 33.8 Å². The van der Waals surface area contributed by atoms with Crippen LogP contribution >= 0.6 is 0 Å². The predicted molar refractivity (Wildman–Crippen MR) is 347 cm³/mol. The Kier molecular flexibility index (Phi) is 11.8. The van der Waals surface area contributed by atoms with Crippen LogP contribution in [-0.4, -0.2) is 29.9 Å². The lowest BCUT2D eigenvalue weighted by Gasteiger charge is -2.18. The van der Waals surface area contributed by atoms with E-state index in [1.807, 2.05) is 24.5 Å². The number of rotatable bonds is 9. The molecule has 0 amide bonds. The highest BCUT2D eigenvalue weighted by Gasteiger charge is 2.23. The molecular weight excluding hydrogens is 1020 g/mol. The highest BCUT2D eigenvalue weighted by molar-refractivity contribution is 6.22. The monoisotopic (exact) mass is 1070 g/mol. The molecular formula is C78H48N6. The molecule has 0 fully saturated rings. The molecule has 0 bridgehead atoms. The normalized spacial score (nSPS) is 11.6. The minimum absolute atomic E-state index is 0.653. The summed E-state index contributed by atoms with van der Waals surface area (Å²) in [6.45, 7) is 0. The first kappa shape index (κ1) is 48.6. The van der Waals surface area contributed by atoms with Crippen LogP contribution in [0.5, 0.6) is 0 Å². The quantitative estimate of drug-likeness (QED) is 0.134. The van der Waals surface area contributed by atoms with Crippen molar-refractivity contribution in [3.8, 4) is 101 Å². The van der Waals surface area contributed by atoms with Crippen molar-refractivity contribution >= 4 is 64.9 Å². The average Bonchev–Trinajstić information content (AvgIpc) is 3.73. The second-order valence-corrected chi connectivity index (χ2v) is 21.3. The van der Waals surface area contributed by atoms with Crippen LogP contribution in [-0.2, 0) is 0 Å². The minimum Gasteiger partial charge on any atom is -0.256 e. The standard InChI is InChI=1S/C78H48N6/c1-3-19-53(20-4-1)71-57-27-7-11-31-61(57)73(62-32-12-8-28-58(62)71)77-81-67(47-69(83-77)65-35-15-23-55-25-17-45-79-75(55)65)51-41-37-49(38-42-51)50-39-43-52(44-40-50)68-48-70(66-36-16-24-56-26-18-46-80-76(56)66)84-78(82-68)74-63-33-13-9-29-59(63)72(54-21-5-2-6-22-54)60-30-10-14-34-64(60)74/h1-48H. The minimum atomic E-state index is 0.653. The second kappa shape index (κ2) is 20.3. The smallest absolute Gasteiger partial charge is 0.161 e. The van der Waals surface area contributed by atoms with Gasteiger partial charge in [-0.2, -0.15) is 0 Å². The van der Waals surface area contributed by atoms with Crippen LogP contribution in [0.2, 0.25) is 0 Å². The molecule has 6 nitrogen and oxygen atoms in total. The molecule has 84 heavy (non-hydrogen) atoms. The van der Waals surface area contributed by atoms with Crippen molar-refractivity contribution in [1.82, 2.24) is 29.9 Å². The summed E-state index contributed by atoms with van der Waals surface area (Å²) < 4.78 is 0. The Labute approximate surface area is 484 Å². The van der Waals surface area contributed by atoms with Gasteiger partial charge >= 0.3 is 0 Å². The summed E-state index contributed by atoms with van der Waals surface area (Å²) in [6.07, 6.45) is 3.70. The van der Waals surface area contributed by atoms with Gasteiger partial charge in [0.25, 0.3) is 0 Å². The maximum absolute atomic E-state index is 5.51. The molecule has 0 radical (unpaired) electrons. The summed E-state index contributed by atoms with van der Waals surface area (Å²) in [5.41, 5.74) is 17.7. The molecule has 0 N–H and O–H groups in total. The molecule has 0 aliphatic rings. The molecule has 390 valence electrons. The molecule has 4 aromatic heterocycles. The molecule has 0 aliphatic carbocycles. The van der Waals surface area contributed by atoms with E-state index in [4.69, 9.17) is 29.9 Å². The maximum Gasteiger partial charge on any atom is 0.161 e. The highest BCUT2D eigenvalue weighted by atomic mass is 14.9. The Morgan fingerprint density at radius 3 is 0.857 bits per heavy atom. The first-order chi connectivity index (χ1) is 41.7. The summed E-state index contributed by atoms with van der Waals surface area (Å²) in [4.78, 5) is 31.8. The van der Waals surface area contributed by atoms with Gasteiger partial charge in [0.2, 0.25) is 0 Å². The molecule has 0 atom stereocenters. The maximum atomic E-state index is 5.51. The first-order valence-electron chi connectivity index (χ1n) is 28.3. The van der Waals surface area contributed by atoms with E-state index >= 15 is 0 Å². The van der Waals surface area contributed by atoms with Gasteiger partial charge < -0.3 is 0 Å². The Morgan fingerprint density at radius 2 is 0.500 bits per heavy atom. The number of benzene rings is 12. The molecule has 16 aromatic rings. The fourth-order valence-corrected chi connectivity index (χ4v) is 12.5. The van der Waals surface area contributed by atoms with Gasteiger partial charge in [-0.15, -0.1) is 0 Å². The van der Waals surface area contributed by atoms with Crippen LogP contribution < -0.4 is 0 Å². The predicted octanol–water partition coefficient (Wildman–Crippen LogP) is 20.0. The molecule has 0 saturated carbocycles.